The first kappa shape index (κ1) is 17.9. The van der Waals surface area contributed by atoms with Crippen LogP contribution in [0, 0.1) is 11.8 Å². The van der Waals surface area contributed by atoms with Gasteiger partial charge in [-0.1, -0.05) is 41.5 Å². The highest BCUT2D eigenvalue weighted by Crippen LogP contribution is 1.98. The molecule has 0 rings (SSSR count). The Morgan fingerprint density at radius 2 is 0.833 bits per heavy atom. The van der Waals surface area contributed by atoms with Crippen LogP contribution >= 0.6 is 8.25 Å². The molecule has 0 aliphatic heterocycles. The van der Waals surface area contributed by atoms with E-state index in [1.807, 2.05) is 0 Å². The Bertz CT molecular complexity index is 76.8. The fourth-order valence-corrected chi connectivity index (χ4v) is 0. The lowest BCUT2D eigenvalue weighted by molar-refractivity contribution is 0.405. The molecule has 12 heavy (non-hydrogen) atoms. The van der Waals surface area contributed by atoms with Crippen LogP contribution < -0.4 is 0 Å². The second kappa shape index (κ2) is 13.6. The van der Waals surface area contributed by atoms with Crippen molar-refractivity contribution >= 4 is 8.25 Å². The molecule has 4 heteroatoms. The van der Waals surface area contributed by atoms with Crippen LogP contribution in [0.5, 0.6) is 0 Å². The van der Waals surface area contributed by atoms with Crippen molar-refractivity contribution in [1.29, 1.82) is 0 Å². The molecule has 0 amide bonds. The molecule has 0 saturated carbocycles. The maximum atomic E-state index is 8.70. The first-order chi connectivity index (χ1) is 5.20. The summed E-state index contributed by atoms with van der Waals surface area (Å²) in [5.41, 5.74) is 0. The molecule has 2 N–H and O–H groups in total. The Balaban J connectivity index is -0.000000101. The summed E-state index contributed by atoms with van der Waals surface area (Å²) in [5, 5.41) is 0. The zero-order valence-corrected chi connectivity index (χ0v) is 9.80. The van der Waals surface area contributed by atoms with E-state index in [1.54, 1.807) is 0 Å². The SMILES string of the molecule is CC(C)C.CC(C)C.O=[P+](O)O. The smallest absolute Gasteiger partial charge is 0.134 e. The molecule has 76 valence electrons. The standard InChI is InChI=1S/2C4H10.HO3P/c3*1-4(2)3/h2*4H,1-3H3;(H-,1,2,3)/p+1. The molecule has 0 fully saturated rings. The summed E-state index contributed by atoms with van der Waals surface area (Å²) in [5.74, 6) is 1.67. The largest absolute Gasteiger partial charge is 0.692 e. The summed E-state index contributed by atoms with van der Waals surface area (Å²) in [6.45, 7) is 13.0. The molecular formula is C8H22O3P+. The monoisotopic (exact) mass is 197 g/mol. The Morgan fingerprint density at radius 1 is 0.833 bits per heavy atom. The van der Waals surface area contributed by atoms with Crippen molar-refractivity contribution in [2.24, 2.45) is 11.8 Å². The van der Waals surface area contributed by atoms with Crippen LogP contribution in [0.15, 0.2) is 0 Å². The van der Waals surface area contributed by atoms with Gasteiger partial charge in [0.1, 0.15) is 0 Å². The number of rotatable bonds is 0. The predicted octanol–water partition coefficient (Wildman–Crippen LogP) is 2.95. The number of hydrogen-bond donors (Lipinski definition) is 2. The molecule has 0 atom stereocenters. The van der Waals surface area contributed by atoms with E-state index in [4.69, 9.17) is 14.4 Å². The summed E-state index contributed by atoms with van der Waals surface area (Å²) in [6.07, 6.45) is 0. The zero-order chi connectivity index (χ0) is 10.7. The highest BCUT2D eigenvalue weighted by Gasteiger charge is 1.93. The first-order valence-electron chi connectivity index (χ1n) is 4.05. The summed E-state index contributed by atoms with van der Waals surface area (Å²) in [4.78, 5) is 14.2. The minimum absolute atomic E-state index is 0.833. The van der Waals surface area contributed by atoms with Crippen LogP contribution in [-0.2, 0) is 4.57 Å². The zero-order valence-electron chi connectivity index (χ0n) is 8.90. The minimum Gasteiger partial charge on any atom is -0.134 e. The van der Waals surface area contributed by atoms with E-state index in [0.717, 1.165) is 11.8 Å². The van der Waals surface area contributed by atoms with E-state index >= 15 is 0 Å². The van der Waals surface area contributed by atoms with Gasteiger partial charge in [0.15, 0.2) is 0 Å². The lowest BCUT2D eigenvalue weighted by atomic mass is 10.3. The molecule has 0 bridgehead atoms. The van der Waals surface area contributed by atoms with Crippen LogP contribution in [0.25, 0.3) is 0 Å². The third-order valence-corrected chi connectivity index (χ3v) is 0. The highest BCUT2D eigenvalue weighted by molar-refractivity contribution is 7.30. The van der Waals surface area contributed by atoms with Gasteiger partial charge in [0, 0.05) is 4.57 Å². The molecular weight excluding hydrogens is 175 g/mol. The van der Waals surface area contributed by atoms with Gasteiger partial charge in [0.2, 0.25) is 0 Å². The summed E-state index contributed by atoms with van der Waals surface area (Å²) in [6, 6.07) is 0. The summed E-state index contributed by atoms with van der Waals surface area (Å²) < 4.78 is 8.70. The van der Waals surface area contributed by atoms with Crippen molar-refractivity contribution in [3.63, 3.8) is 0 Å². The molecule has 0 aliphatic rings. The maximum absolute atomic E-state index is 8.70. The minimum atomic E-state index is -2.87. The molecule has 0 heterocycles. The van der Waals surface area contributed by atoms with E-state index in [-0.39, 0.29) is 0 Å². The maximum Gasteiger partial charge on any atom is 0.692 e. The van der Waals surface area contributed by atoms with Gasteiger partial charge in [-0.05, 0) is 11.8 Å². The van der Waals surface area contributed by atoms with Crippen LogP contribution in [0.2, 0.25) is 0 Å². The van der Waals surface area contributed by atoms with Crippen LogP contribution in [0.3, 0.4) is 0 Å². The van der Waals surface area contributed by atoms with Gasteiger partial charge in [-0.3, -0.25) is 0 Å². The lowest BCUT2D eigenvalue weighted by Gasteiger charge is -1.79. The third kappa shape index (κ3) is 2040000. The van der Waals surface area contributed by atoms with E-state index in [9.17, 15) is 0 Å². The van der Waals surface area contributed by atoms with Gasteiger partial charge < -0.3 is 0 Å². The van der Waals surface area contributed by atoms with E-state index in [0.29, 0.717) is 0 Å². The quantitative estimate of drug-likeness (QED) is 0.587. The van der Waals surface area contributed by atoms with Crippen molar-refractivity contribution in [1.82, 2.24) is 0 Å². The van der Waals surface area contributed by atoms with Gasteiger partial charge in [-0.2, -0.15) is 0 Å². The molecule has 0 radical (unpaired) electrons. The molecule has 0 aromatic heterocycles. The van der Waals surface area contributed by atoms with Gasteiger partial charge >= 0.3 is 8.25 Å². The Kier molecular flexibility index (Phi) is 20.3. The second-order valence-electron chi connectivity index (χ2n) is 3.72. The van der Waals surface area contributed by atoms with Crippen molar-refractivity contribution in [3.05, 3.63) is 0 Å². The van der Waals surface area contributed by atoms with Gasteiger partial charge in [0.25, 0.3) is 0 Å². The van der Waals surface area contributed by atoms with E-state index in [2.05, 4.69) is 41.5 Å². The fraction of sp³-hybridized carbons (Fsp3) is 1.00. The average molecular weight is 197 g/mol. The Morgan fingerprint density at radius 3 is 0.833 bits per heavy atom. The first-order valence-corrected chi connectivity index (χ1v) is 5.21. The highest BCUT2D eigenvalue weighted by atomic mass is 31.1. The second-order valence-corrected chi connectivity index (χ2v) is 4.22. The van der Waals surface area contributed by atoms with Crippen molar-refractivity contribution in [2.45, 2.75) is 41.5 Å². The van der Waals surface area contributed by atoms with Crippen molar-refractivity contribution in [3.8, 4) is 0 Å². The summed E-state index contributed by atoms with van der Waals surface area (Å²) in [7, 11) is -2.87. The molecule has 0 aromatic rings. The topological polar surface area (TPSA) is 57.5 Å². The van der Waals surface area contributed by atoms with Crippen molar-refractivity contribution < 1.29 is 14.4 Å². The van der Waals surface area contributed by atoms with Gasteiger partial charge in [-0.25, -0.2) is 0 Å². The van der Waals surface area contributed by atoms with E-state index < -0.39 is 8.25 Å². The molecule has 0 aromatic carbocycles. The number of hydrogen-bond acceptors (Lipinski definition) is 1. The van der Waals surface area contributed by atoms with Gasteiger partial charge in [-0.15, -0.1) is 9.79 Å². The van der Waals surface area contributed by atoms with E-state index in [1.165, 1.54) is 0 Å². The summed E-state index contributed by atoms with van der Waals surface area (Å²) >= 11 is 0. The fourth-order valence-electron chi connectivity index (χ4n) is 0. The molecule has 0 spiro atoms. The Hall–Kier alpha value is 0.0200. The van der Waals surface area contributed by atoms with Gasteiger partial charge in [0.05, 0.1) is 0 Å². The molecule has 0 aliphatic carbocycles. The molecule has 3 nitrogen and oxygen atoms in total. The third-order valence-electron chi connectivity index (χ3n) is 0. The van der Waals surface area contributed by atoms with Crippen LogP contribution in [0.1, 0.15) is 41.5 Å². The average Bonchev–Trinajstić information content (AvgIpc) is 1.54. The van der Waals surface area contributed by atoms with Crippen LogP contribution in [0.4, 0.5) is 0 Å². The lowest BCUT2D eigenvalue weighted by Crippen LogP contribution is -1.66. The normalized spacial score (nSPS) is 8.17. The molecule has 0 unspecified atom stereocenters. The van der Waals surface area contributed by atoms with Crippen LogP contribution in [-0.4, -0.2) is 9.79 Å². The molecule has 0 saturated heterocycles. The van der Waals surface area contributed by atoms with Crippen molar-refractivity contribution in [2.75, 3.05) is 0 Å². The predicted molar refractivity (Wildman–Crippen MR) is 53.1 cm³/mol. The Labute approximate surface area is 76.8 Å².